The Morgan fingerprint density at radius 3 is 2.57 bits per heavy atom. The zero-order valence-corrected chi connectivity index (χ0v) is 20.2. The lowest BCUT2D eigenvalue weighted by atomic mass is 10.1. The highest BCUT2D eigenvalue weighted by molar-refractivity contribution is 7.13. The van der Waals surface area contributed by atoms with Gasteiger partial charge in [0.1, 0.15) is 21.9 Å². The number of anilines is 1. The normalized spacial score (nSPS) is 12.2. The average Bonchev–Trinajstić information content (AvgIpc) is 3.36. The number of nitrogens with zero attached hydrogens (tertiary/aromatic N) is 4. The molecule has 190 valence electrons. The predicted octanol–water partition coefficient (Wildman–Crippen LogP) is 5.55. The van der Waals surface area contributed by atoms with Gasteiger partial charge in [0, 0.05) is 11.9 Å². The summed E-state index contributed by atoms with van der Waals surface area (Å²) in [5.74, 6) is -2.03. The van der Waals surface area contributed by atoms with E-state index in [0.717, 1.165) is 29.8 Å². The summed E-state index contributed by atoms with van der Waals surface area (Å²) in [5, 5.41) is 4.92. The van der Waals surface area contributed by atoms with Crippen molar-refractivity contribution in [2.75, 3.05) is 5.32 Å². The molecule has 0 bridgehead atoms. The van der Waals surface area contributed by atoms with Gasteiger partial charge in [-0.25, -0.2) is 19.9 Å². The van der Waals surface area contributed by atoms with Crippen molar-refractivity contribution in [2.24, 2.45) is 0 Å². The summed E-state index contributed by atoms with van der Waals surface area (Å²) in [6.45, 7) is 1.62. The maximum absolute atomic E-state index is 14.0. The first-order chi connectivity index (χ1) is 17.5. The van der Waals surface area contributed by atoms with Gasteiger partial charge in [-0.1, -0.05) is 11.6 Å². The summed E-state index contributed by atoms with van der Waals surface area (Å²) >= 11 is 6.55. The second-order valence-corrected chi connectivity index (χ2v) is 9.00. The van der Waals surface area contributed by atoms with Gasteiger partial charge >= 0.3 is 6.18 Å². The molecule has 0 spiro atoms. The van der Waals surface area contributed by atoms with Crippen molar-refractivity contribution in [1.29, 1.82) is 0 Å². The average molecular weight is 551 g/mol. The lowest BCUT2D eigenvalue weighted by molar-refractivity contribution is -0.137. The summed E-state index contributed by atoms with van der Waals surface area (Å²) in [7, 11) is 0. The Kier molecular flexibility index (Phi) is 7.45. The van der Waals surface area contributed by atoms with Gasteiger partial charge in [0.15, 0.2) is 0 Å². The van der Waals surface area contributed by atoms with E-state index < -0.39 is 40.6 Å². The van der Waals surface area contributed by atoms with E-state index in [1.165, 1.54) is 36.7 Å². The standard InChI is InChI=1S/C23H15ClF4N6O2S/c1-11(33-20(35)17-8-16(31-10-32-17)13-3-2-6-29-19(13)25)22-30-9-18(37-22)21(36)34-12-4-5-15(24)14(7-12)23(26,27)28/h2-11H,1H3,(H,33,35)(H,34,36)/t11-/m0/s1. The fraction of sp³-hybridized carbons (Fsp3) is 0.130. The smallest absolute Gasteiger partial charge is 0.342 e. The molecule has 1 aromatic carbocycles. The fourth-order valence-corrected chi connectivity index (χ4v) is 4.18. The Balaban J connectivity index is 1.44. The van der Waals surface area contributed by atoms with E-state index in [4.69, 9.17) is 11.6 Å². The molecular weight excluding hydrogens is 536 g/mol. The van der Waals surface area contributed by atoms with Gasteiger partial charge in [0.05, 0.1) is 34.1 Å². The third kappa shape index (κ3) is 6.06. The van der Waals surface area contributed by atoms with Gasteiger partial charge in [-0.3, -0.25) is 9.59 Å². The van der Waals surface area contributed by atoms with E-state index >= 15 is 0 Å². The van der Waals surface area contributed by atoms with Crippen molar-refractivity contribution < 1.29 is 27.2 Å². The van der Waals surface area contributed by atoms with Crippen LogP contribution in [0.5, 0.6) is 0 Å². The van der Waals surface area contributed by atoms with Crippen LogP contribution in [0, 0.1) is 5.95 Å². The third-order valence-electron chi connectivity index (χ3n) is 4.93. The van der Waals surface area contributed by atoms with E-state index in [-0.39, 0.29) is 27.5 Å². The highest BCUT2D eigenvalue weighted by atomic mass is 35.5. The maximum Gasteiger partial charge on any atom is 0.417 e. The van der Waals surface area contributed by atoms with Crippen molar-refractivity contribution in [3.05, 3.63) is 87.2 Å². The molecule has 0 fully saturated rings. The number of aromatic nitrogens is 4. The van der Waals surface area contributed by atoms with E-state index in [0.29, 0.717) is 5.01 Å². The molecule has 0 aliphatic heterocycles. The molecule has 1 atom stereocenters. The zero-order chi connectivity index (χ0) is 26.7. The molecule has 8 nitrogen and oxygen atoms in total. The second kappa shape index (κ2) is 10.6. The molecule has 37 heavy (non-hydrogen) atoms. The minimum absolute atomic E-state index is 0.0298. The molecule has 0 saturated carbocycles. The van der Waals surface area contributed by atoms with Crippen LogP contribution in [0.4, 0.5) is 23.2 Å². The molecule has 2 N–H and O–H groups in total. The van der Waals surface area contributed by atoms with E-state index in [9.17, 15) is 27.2 Å². The minimum Gasteiger partial charge on any atom is -0.342 e. The molecule has 4 aromatic rings. The van der Waals surface area contributed by atoms with Crippen LogP contribution in [0.25, 0.3) is 11.3 Å². The lowest BCUT2D eigenvalue weighted by Crippen LogP contribution is -2.27. The first-order valence-electron chi connectivity index (χ1n) is 10.4. The molecule has 0 aliphatic rings. The number of nitrogens with one attached hydrogen (secondary N) is 2. The van der Waals surface area contributed by atoms with Crippen molar-refractivity contribution >= 4 is 40.4 Å². The minimum atomic E-state index is -4.68. The Morgan fingerprint density at radius 1 is 1.05 bits per heavy atom. The van der Waals surface area contributed by atoms with Gasteiger partial charge < -0.3 is 10.6 Å². The summed E-state index contributed by atoms with van der Waals surface area (Å²) < 4.78 is 53.2. The molecule has 14 heteroatoms. The summed E-state index contributed by atoms with van der Waals surface area (Å²) in [5.41, 5.74) is -0.930. The third-order valence-corrected chi connectivity index (χ3v) is 6.44. The highest BCUT2D eigenvalue weighted by Gasteiger charge is 2.33. The van der Waals surface area contributed by atoms with Crippen molar-refractivity contribution in [1.82, 2.24) is 25.3 Å². The molecule has 0 saturated heterocycles. The molecule has 0 aliphatic carbocycles. The number of hydrogen-bond donors (Lipinski definition) is 2. The summed E-state index contributed by atoms with van der Waals surface area (Å²) in [6.07, 6.45) is -1.03. The largest absolute Gasteiger partial charge is 0.417 e. The number of carbonyl (C=O) groups excluding carboxylic acids is 2. The Labute approximate surface area is 215 Å². The van der Waals surface area contributed by atoms with E-state index in [1.807, 2.05) is 0 Å². The van der Waals surface area contributed by atoms with Crippen LogP contribution in [0.2, 0.25) is 5.02 Å². The van der Waals surface area contributed by atoms with Crippen molar-refractivity contribution in [3.8, 4) is 11.3 Å². The number of hydrogen-bond acceptors (Lipinski definition) is 7. The SMILES string of the molecule is C[C@H](NC(=O)c1cc(-c2cccnc2F)ncn1)c1ncc(C(=O)Nc2ccc(Cl)c(C(F)(F)F)c2)s1. The molecule has 3 aromatic heterocycles. The van der Waals surface area contributed by atoms with Crippen LogP contribution in [-0.4, -0.2) is 31.8 Å². The molecule has 0 radical (unpaired) electrons. The summed E-state index contributed by atoms with van der Waals surface area (Å²) in [6, 6.07) is 6.67. The zero-order valence-electron chi connectivity index (χ0n) is 18.7. The fourth-order valence-electron chi connectivity index (χ4n) is 3.14. The molecule has 0 unspecified atom stereocenters. The molecule has 2 amide bonds. The van der Waals surface area contributed by atoms with E-state index in [2.05, 4.69) is 30.6 Å². The quantitative estimate of drug-likeness (QED) is 0.241. The van der Waals surface area contributed by atoms with Gasteiger partial charge in [-0.05, 0) is 43.3 Å². The number of halogens is 5. The Morgan fingerprint density at radius 2 is 1.84 bits per heavy atom. The second-order valence-electron chi connectivity index (χ2n) is 7.53. The lowest BCUT2D eigenvalue weighted by Gasteiger charge is -2.12. The van der Waals surface area contributed by atoms with Crippen LogP contribution in [0.1, 0.15) is 43.7 Å². The van der Waals surface area contributed by atoms with Crippen LogP contribution in [-0.2, 0) is 6.18 Å². The van der Waals surface area contributed by atoms with Gasteiger partial charge in [0.25, 0.3) is 11.8 Å². The number of rotatable bonds is 6. The molecule has 3 heterocycles. The van der Waals surface area contributed by atoms with Crippen LogP contribution in [0.3, 0.4) is 0 Å². The Bertz CT molecular complexity index is 1480. The number of amides is 2. The number of pyridine rings is 1. The van der Waals surface area contributed by atoms with Crippen molar-refractivity contribution in [3.63, 3.8) is 0 Å². The molecular formula is C23H15ClF4N6O2S. The number of carbonyl (C=O) groups is 2. The van der Waals surface area contributed by atoms with Crippen molar-refractivity contribution in [2.45, 2.75) is 19.1 Å². The Hall–Kier alpha value is -3.97. The maximum atomic E-state index is 14.0. The number of thiazole rings is 1. The first kappa shape index (κ1) is 26.1. The van der Waals surface area contributed by atoms with Crippen LogP contribution < -0.4 is 10.6 Å². The van der Waals surface area contributed by atoms with Gasteiger partial charge in [0.2, 0.25) is 5.95 Å². The highest BCUT2D eigenvalue weighted by Crippen LogP contribution is 2.36. The van der Waals surface area contributed by atoms with E-state index in [1.54, 1.807) is 6.92 Å². The van der Waals surface area contributed by atoms with Gasteiger partial charge in [-0.2, -0.15) is 17.6 Å². The first-order valence-corrected chi connectivity index (χ1v) is 11.6. The number of benzene rings is 1. The van der Waals surface area contributed by atoms with Crippen LogP contribution in [0.15, 0.2) is 55.1 Å². The van der Waals surface area contributed by atoms with Gasteiger partial charge in [-0.15, -0.1) is 11.3 Å². The molecule has 4 rings (SSSR count). The topological polar surface area (TPSA) is 110 Å². The van der Waals surface area contributed by atoms with Crippen LogP contribution >= 0.6 is 22.9 Å². The predicted molar refractivity (Wildman–Crippen MR) is 128 cm³/mol. The summed E-state index contributed by atoms with van der Waals surface area (Å²) in [4.78, 5) is 40.9. The number of alkyl halides is 3. The monoisotopic (exact) mass is 550 g/mol.